The Kier molecular flexibility index (Phi) is 3.02. The summed E-state index contributed by atoms with van der Waals surface area (Å²) in [5.41, 5.74) is 0.346. The summed E-state index contributed by atoms with van der Waals surface area (Å²) < 4.78 is 0. The van der Waals surface area contributed by atoms with Crippen molar-refractivity contribution in [1.82, 2.24) is 0 Å². The van der Waals surface area contributed by atoms with Crippen molar-refractivity contribution in [3.63, 3.8) is 0 Å². The Bertz CT molecular complexity index is 351. The van der Waals surface area contributed by atoms with Gasteiger partial charge in [0.25, 0.3) is 5.69 Å². The van der Waals surface area contributed by atoms with E-state index in [-0.39, 0.29) is 5.69 Å². The lowest BCUT2D eigenvalue weighted by molar-refractivity contribution is -0.387. The van der Waals surface area contributed by atoms with Gasteiger partial charge >= 0.3 is 0 Å². The molecule has 0 fully saturated rings. The number of nitrogens with zero attached hydrogens (tertiary/aromatic N) is 1. The number of nitro groups is 1. The van der Waals surface area contributed by atoms with E-state index in [0.29, 0.717) is 16.7 Å². The van der Waals surface area contributed by atoms with Crippen LogP contribution in [0.3, 0.4) is 0 Å². The lowest BCUT2D eigenvalue weighted by Gasteiger charge is -2.00. The topological polar surface area (TPSA) is 60.2 Å². The van der Waals surface area contributed by atoms with Crippen molar-refractivity contribution in [3.8, 4) is 0 Å². The van der Waals surface area contributed by atoms with Crippen LogP contribution < -0.4 is 0 Å². The Morgan fingerprint density at radius 1 is 1.54 bits per heavy atom. The third kappa shape index (κ3) is 1.86. The Hall–Kier alpha value is -1.36. The molecular weight excluding hydrogens is 190 g/mol. The predicted molar refractivity (Wildman–Crippen MR) is 50.3 cm³/mol. The van der Waals surface area contributed by atoms with Crippen LogP contribution in [0.2, 0.25) is 0 Å². The highest BCUT2D eigenvalue weighted by Gasteiger charge is 2.15. The van der Waals surface area contributed by atoms with Gasteiger partial charge in [-0.05, 0) is 6.26 Å². The number of benzene rings is 1. The van der Waals surface area contributed by atoms with Gasteiger partial charge in [-0.15, -0.1) is 11.8 Å². The molecule has 0 saturated carbocycles. The van der Waals surface area contributed by atoms with Crippen LogP contribution in [0, 0.1) is 10.1 Å². The number of aldehydes is 1. The summed E-state index contributed by atoms with van der Waals surface area (Å²) in [6.45, 7) is 0. The fourth-order valence-electron chi connectivity index (χ4n) is 1.00. The van der Waals surface area contributed by atoms with E-state index in [2.05, 4.69) is 0 Å². The second kappa shape index (κ2) is 4.04. The van der Waals surface area contributed by atoms with E-state index in [1.165, 1.54) is 23.9 Å². The summed E-state index contributed by atoms with van der Waals surface area (Å²) in [7, 11) is 0. The van der Waals surface area contributed by atoms with Crippen LogP contribution in [0.15, 0.2) is 23.1 Å². The molecule has 0 bridgehead atoms. The summed E-state index contributed by atoms with van der Waals surface area (Å²) in [5, 5.41) is 10.5. The molecule has 0 aromatic heterocycles. The van der Waals surface area contributed by atoms with Crippen molar-refractivity contribution in [2.24, 2.45) is 0 Å². The highest BCUT2D eigenvalue weighted by molar-refractivity contribution is 7.98. The first-order chi connectivity index (χ1) is 6.20. The van der Waals surface area contributed by atoms with Crippen molar-refractivity contribution in [2.75, 3.05) is 6.26 Å². The minimum Gasteiger partial charge on any atom is -0.298 e. The van der Waals surface area contributed by atoms with Crippen LogP contribution in [0.1, 0.15) is 10.4 Å². The van der Waals surface area contributed by atoms with Crippen LogP contribution in [-0.2, 0) is 0 Å². The molecule has 1 aromatic rings. The molecule has 68 valence electrons. The van der Waals surface area contributed by atoms with Crippen molar-refractivity contribution in [2.45, 2.75) is 4.90 Å². The third-order valence-corrected chi connectivity index (χ3v) is 2.41. The zero-order chi connectivity index (χ0) is 9.84. The molecule has 0 spiro atoms. The van der Waals surface area contributed by atoms with E-state index in [9.17, 15) is 14.9 Å². The monoisotopic (exact) mass is 197 g/mol. The van der Waals surface area contributed by atoms with Crippen molar-refractivity contribution in [1.29, 1.82) is 0 Å². The molecule has 0 amide bonds. The van der Waals surface area contributed by atoms with Gasteiger partial charge in [0.05, 0.1) is 9.82 Å². The summed E-state index contributed by atoms with van der Waals surface area (Å²) >= 11 is 1.20. The molecule has 0 unspecified atom stereocenters. The number of rotatable bonds is 3. The third-order valence-electron chi connectivity index (χ3n) is 1.55. The molecular formula is C8H7NO3S. The Morgan fingerprint density at radius 2 is 2.23 bits per heavy atom. The van der Waals surface area contributed by atoms with Gasteiger partial charge in [0.1, 0.15) is 0 Å². The van der Waals surface area contributed by atoms with Crippen LogP contribution in [-0.4, -0.2) is 17.5 Å². The first-order valence-electron chi connectivity index (χ1n) is 3.47. The number of thioether (sulfide) groups is 1. The Morgan fingerprint density at radius 3 is 2.69 bits per heavy atom. The molecule has 0 N–H and O–H groups in total. The predicted octanol–water partition coefficient (Wildman–Crippen LogP) is 2.13. The van der Waals surface area contributed by atoms with Crippen LogP contribution in [0.5, 0.6) is 0 Å². The molecule has 13 heavy (non-hydrogen) atoms. The largest absolute Gasteiger partial charge is 0.298 e. The fraction of sp³-hybridized carbons (Fsp3) is 0.125. The quantitative estimate of drug-likeness (QED) is 0.322. The number of carbonyl (C=O) groups excluding carboxylic acids is 1. The minimum atomic E-state index is -0.487. The van der Waals surface area contributed by atoms with Crippen LogP contribution >= 0.6 is 11.8 Å². The number of hydrogen-bond donors (Lipinski definition) is 0. The van der Waals surface area contributed by atoms with E-state index in [1.54, 1.807) is 12.3 Å². The minimum absolute atomic E-state index is 0.0166. The summed E-state index contributed by atoms with van der Waals surface area (Å²) in [5.74, 6) is 0. The highest BCUT2D eigenvalue weighted by Crippen LogP contribution is 2.29. The maximum absolute atomic E-state index is 10.5. The number of nitro benzene ring substituents is 1. The van der Waals surface area contributed by atoms with Gasteiger partial charge < -0.3 is 0 Å². The molecule has 0 aliphatic heterocycles. The van der Waals surface area contributed by atoms with Crippen molar-refractivity contribution in [3.05, 3.63) is 33.9 Å². The molecule has 0 heterocycles. The summed E-state index contributed by atoms with van der Waals surface area (Å²) in [6.07, 6.45) is 2.33. The van der Waals surface area contributed by atoms with Crippen LogP contribution in [0.25, 0.3) is 0 Å². The van der Waals surface area contributed by atoms with Gasteiger partial charge in [0.2, 0.25) is 0 Å². The normalized spacial score (nSPS) is 9.62. The average molecular weight is 197 g/mol. The Labute approximate surface area is 79.1 Å². The number of carbonyl (C=O) groups is 1. The molecule has 5 heteroatoms. The first-order valence-corrected chi connectivity index (χ1v) is 4.69. The summed E-state index contributed by atoms with van der Waals surface area (Å²) in [6, 6.07) is 4.45. The zero-order valence-electron chi connectivity index (χ0n) is 6.89. The molecule has 1 aromatic carbocycles. The maximum atomic E-state index is 10.5. The smallest absolute Gasteiger partial charge is 0.283 e. The lowest BCUT2D eigenvalue weighted by Crippen LogP contribution is -1.94. The van der Waals surface area contributed by atoms with E-state index >= 15 is 0 Å². The molecule has 1 rings (SSSR count). The standard InChI is InChI=1S/C8H7NO3S/c1-13-8-6(5-10)3-2-4-7(8)9(11)12/h2-5H,1H3. The molecule has 4 nitrogen and oxygen atoms in total. The molecule has 0 saturated heterocycles. The van der Waals surface area contributed by atoms with Gasteiger partial charge in [-0.25, -0.2) is 0 Å². The SMILES string of the molecule is CSc1c(C=O)cccc1[N+](=O)[O-]. The number of hydrogen-bond acceptors (Lipinski definition) is 4. The first kappa shape index (κ1) is 9.73. The maximum Gasteiger partial charge on any atom is 0.283 e. The summed E-state index contributed by atoms with van der Waals surface area (Å²) in [4.78, 5) is 21.0. The van der Waals surface area contributed by atoms with Crippen molar-refractivity contribution < 1.29 is 9.72 Å². The molecule has 0 atom stereocenters. The van der Waals surface area contributed by atoms with Gasteiger partial charge in [-0.1, -0.05) is 12.1 Å². The lowest BCUT2D eigenvalue weighted by atomic mass is 10.2. The molecule has 0 aliphatic rings. The molecule has 0 radical (unpaired) electrons. The van der Waals surface area contributed by atoms with Crippen LogP contribution in [0.4, 0.5) is 5.69 Å². The second-order valence-electron chi connectivity index (χ2n) is 2.27. The van der Waals surface area contributed by atoms with E-state index in [4.69, 9.17) is 0 Å². The van der Waals surface area contributed by atoms with Gasteiger partial charge in [-0.2, -0.15) is 0 Å². The van der Waals surface area contributed by atoms with Gasteiger partial charge in [-0.3, -0.25) is 14.9 Å². The second-order valence-corrected chi connectivity index (χ2v) is 3.09. The average Bonchev–Trinajstić information content (AvgIpc) is 2.16. The van der Waals surface area contributed by atoms with Gasteiger partial charge in [0, 0.05) is 11.6 Å². The van der Waals surface area contributed by atoms with E-state index < -0.39 is 4.92 Å². The zero-order valence-corrected chi connectivity index (χ0v) is 7.71. The van der Waals surface area contributed by atoms with E-state index in [0.717, 1.165) is 0 Å². The van der Waals surface area contributed by atoms with Crippen molar-refractivity contribution >= 4 is 23.7 Å². The van der Waals surface area contributed by atoms with E-state index in [1.807, 2.05) is 0 Å². The molecule has 0 aliphatic carbocycles. The Balaban J connectivity index is 3.35. The van der Waals surface area contributed by atoms with Gasteiger partial charge in [0.15, 0.2) is 6.29 Å². The highest BCUT2D eigenvalue weighted by atomic mass is 32.2. The fourth-order valence-corrected chi connectivity index (χ4v) is 1.70.